The van der Waals surface area contributed by atoms with E-state index < -0.39 is 6.23 Å². The molecule has 0 amide bonds. The molecule has 1 atom stereocenters. The second-order valence-corrected chi connectivity index (χ2v) is 9.73. The molecule has 4 rings (SSSR count). The van der Waals surface area contributed by atoms with E-state index in [2.05, 4.69) is 39.9 Å². The van der Waals surface area contributed by atoms with Crippen molar-refractivity contribution < 1.29 is 10.2 Å². The van der Waals surface area contributed by atoms with Crippen molar-refractivity contribution >= 4 is 21.6 Å². The summed E-state index contributed by atoms with van der Waals surface area (Å²) in [5.41, 5.74) is 3.89. The summed E-state index contributed by atoms with van der Waals surface area (Å²) in [6, 6.07) is 12.7. The van der Waals surface area contributed by atoms with Crippen molar-refractivity contribution in [1.29, 1.82) is 0 Å². The quantitative estimate of drug-likeness (QED) is 0.302. The van der Waals surface area contributed by atoms with Crippen LogP contribution < -0.4 is 15.5 Å². The number of nitrogens with one attached hydrogen (secondary N) is 3. The Hall–Kier alpha value is -2.19. The van der Waals surface area contributed by atoms with Gasteiger partial charge in [0.2, 0.25) is 0 Å². The van der Waals surface area contributed by atoms with Gasteiger partial charge in [-0.15, -0.1) is 0 Å². The van der Waals surface area contributed by atoms with Gasteiger partial charge in [-0.1, -0.05) is 60.9 Å². The van der Waals surface area contributed by atoms with E-state index in [0.29, 0.717) is 29.2 Å². The highest BCUT2D eigenvalue weighted by Gasteiger charge is 2.14. The number of rotatable bonds is 10. The first-order chi connectivity index (χ1) is 15.6. The topological polar surface area (TPSA) is 97.4 Å². The molecule has 172 valence electrons. The van der Waals surface area contributed by atoms with Crippen LogP contribution in [0.5, 0.6) is 5.75 Å². The number of aromatic hydroxyl groups is 1. The first-order valence-electron chi connectivity index (χ1n) is 11.6. The third kappa shape index (κ3) is 6.19. The molecule has 1 unspecified atom stereocenters. The number of aliphatic hydroxyl groups is 1. The summed E-state index contributed by atoms with van der Waals surface area (Å²) in [6.45, 7) is 1.69. The molecule has 0 spiro atoms. The lowest BCUT2D eigenvalue weighted by atomic mass is 9.95. The molecule has 1 saturated carbocycles. The van der Waals surface area contributed by atoms with Crippen molar-refractivity contribution in [3.8, 4) is 5.75 Å². The highest BCUT2D eigenvalue weighted by atomic mass is 32.1. The van der Waals surface area contributed by atoms with Gasteiger partial charge in [-0.3, -0.25) is 10.1 Å². The minimum absolute atomic E-state index is 0.0540. The number of benzene rings is 2. The van der Waals surface area contributed by atoms with Gasteiger partial charge >= 0.3 is 4.87 Å². The van der Waals surface area contributed by atoms with E-state index in [-0.39, 0.29) is 10.6 Å². The maximum absolute atomic E-state index is 11.7. The average molecular weight is 456 g/mol. The number of aliphatic hydroxyl groups excluding tert-OH is 1. The molecule has 1 aromatic heterocycles. The van der Waals surface area contributed by atoms with Gasteiger partial charge in [0.15, 0.2) is 0 Å². The fourth-order valence-electron chi connectivity index (χ4n) is 4.57. The van der Waals surface area contributed by atoms with Gasteiger partial charge in [-0.25, -0.2) is 0 Å². The Morgan fingerprint density at radius 3 is 2.59 bits per heavy atom. The largest absolute Gasteiger partial charge is 0.506 e. The molecule has 1 aliphatic carbocycles. The molecule has 5 N–H and O–H groups in total. The van der Waals surface area contributed by atoms with Crippen molar-refractivity contribution in [1.82, 2.24) is 15.6 Å². The van der Waals surface area contributed by atoms with Crippen LogP contribution in [-0.4, -0.2) is 40.6 Å². The fraction of sp³-hybridized carbons (Fsp3) is 0.480. The van der Waals surface area contributed by atoms with Crippen LogP contribution in [0.3, 0.4) is 0 Å². The van der Waals surface area contributed by atoms with Gasteiger partial charge in [0, 0.05) is 19.0 Å². The van der Waals surface area contributed by atoms with Crippen molar-refractivity contribution in [2.75, 3.05) is 13.1 Å². The number of hydrogen-bond acceptors (Lipinski definition) is 6. The Balaban J connectivity index is 1.23. The van der Waals surface area contributed by atoms with Gasteiger partial charge in [0.25, 0.3) is 0 Å². The Kier molecular flexibility index (Phi) is 7.97. The molecule has 3 aromatic rings. The summed E-state index contributed by atoms with van der Waals surface area (Å²) in [5.74, 6) is 0.0540. The van der Waals surface area contributed by atoms with Crippen LogP contribution in [0.4, 0.5) is 0 Å². The molecule has 0 radical (unpaired) electrons. The monoisotopic (exact) mass is 455 g/mol. The smallest absolute Gasteiger partial charge is 0.305 e. The molecule has 32 heavy (non-hydrogen) atoms. The molecule has 1 aliphatic rings. The van der Waals surface area contributed by atoms with Gasteiger partial charge in [0.1, 0.15) is 17.5 Å². The third-order valence-corrected chi connectivity index (χ3v) is 7.25. The molecule has 1 fully saturated rings. The number of aromatic nitrogens is 1. The normalized spacial score (nSPS) is 15.9. The van der Waals surface area contributed by atoms with Crippen LogP contribution in [0.1, 0.15) is 48.8 Å². The third-order valence-electron chi connectivity index (χ3n) is 6.29. The highest BCUT2D eigenvalue weighted by molar-refractivity contribution is 7.16. The van der Waals surface area contributed by atoms with Crippen LogP contribution >= 0.6 is 11.3 Å². The van der Waals surface area contributed by atoms with E-state index in [1.54, 1.807) is 12.1 Å². The van der Waals surface area contributed by atoms with E-state index in [0.717, 1.165) is 36.3 Å². The number of H-pyrrole nitrogens is 1. The maximum Gasteiger partial charge on any atom is 0.305 e. The second kappa shape index (κ2) is 11.1. The lowest BCUT2D eigenvalue weighted by Gasteiger charge is -2.22. The number of phenolic OH excluding ortho intramolecular Hbond substituents is 1. The van der Waals surface area contributed by atoms with E-state index in [9.17, 15) is 15.0 Å². The molecule has 7 heteroatoms. The van der Waals surface area contributed by atoms with Crippen LogP contribution in [0.2, 0.25) is 0 Å². The number of phenols is 1. The molecular formula is C25H33N3O3S. The van der Waals surface area contributed by atoms with Crippen LogP contribution in [0.15, 0.2) is 41.2 Å². The van der Waals surface area contributed by atoms with Gasteiger partial charge in [-0.2, -0.15) is 0 Å². The molecule has 6 nitrogen and oxygen atoms in total. The lowest BCUT2D eigenvalue weighted by Crippen LogP contribution is -2.32. The summed E-state index contributed by atoms with van der Waals surface area (Å²) in [5, 5.41) is 27.2. The molecule has 0 bridgehead atoms. The molecule has 0 saturated heterocycles. The van der Waals surface area contributed by atoms with Gasteiger partial charge in [0.05, 0.1) is 4.70 Å². The minimum Gasteiger partial charge on any atom is -0.506 e. The van der Waals surface area contributed by atoms with E-state index in [1.165, 1.54) is 43.2 Å². The number of hydrogen-bond donors (Lipinski definition) is 5. The Morgan fingerprint density at radius 2 is 1.81 bits per heavy atom. The van der Waals surface area contributed by atoms with Crippen molar-refractivity contribution in [2.24, 2.45) is 0 Å². The zero-order valence-corrected chi connectivity index (χ0v) is 19.2. The average Bonchev–Trinajstić information content (AvgIpc) is 3.19. The summed E-state index contributed by atoms with van der Waals surface area (Å²) in [6.07, 6.45) is 8.25. The summed E-state index contributed by atoms with van der Waals surface area (Å²) in [4.78, 5) is 14.1. The zero-order chi connectivity index (χ0) is 22.3. The number of aromatic amines is 1. The molecular weight excluding hydrogens is 422 g/mol. The van der Waals surface area contributed by atoms with Crippen molar-refractivity contribution in [2.45, 2.75) is 63.6 Å². The zero-order valence-electron chi connectivity index (χ0n) is 18.4. The standard InChI is InChI=1S/C25H33N3O3S/c29-21-10-9-19(24-23(21)28-25(31)32-24)16-22(30)27-14-12-18-6-4-5-17(15-18)11-13-26-20-7-2-1-3-8-20/h4-6,9-10,15,20,22,26-27,29-30H,1-3,7-8,11-14,16H2,(H,28,31). The Labute approximate surface area is 192 Å². The minimum atomic E-state index is -0.720. The summed E-state index contributed by atoms with van der Waals surface area (Å²) >= 11 is 1.06. The van der Waals surface area contributed by atoms with Gasteiger partial charge < -0.3 is 20.5 Å². The van der Waals surface area contributed by atoms with Crippen LogP contribution in [0.25, 0.3) is 10.2 Å². The van der Waals surface area contributed by atoms with Crippen molar-refractivity contribution in [3.05, 3.63) is 62.8 Å². The highest BCUT2D eigenvalue weighted by Crippen LogP contribution is 2.28. The predicted molar refractivity (Wildman–Crippen MR) is 131 cm³/mol. The summed E-state index contributed by atoms with van der Waals surface area (Å²) < 4.78 is 0.699. The molecule has 0 aliphatic heterocycles. The van der Waals surface area contributed by atoms with Gasteiger partial charge in [-0.05, 0) is 55.0 Å². The number of thiazole rings is 1. The second-order valence-electron chi connectivity index (χ2n) is 8.75. The molecule has 2 aromatic carbocycles. The van der Waals surface area contributed by atoms with E-state index in [4.69, 9.17) is 0 Å². The molecule has 1 heterocycles. The van der Waals surface area contributed by atoms with Crippen LogP contribution in [0, 0.1) is 0 Å². The predicted octanol–water partition coefficient (Wildman–Crippen LogP) is 3.45. The SMILES string of the molecule is O=c1[nH]c2c(O)ccc(CC(O)NCCc3cccc(CCNC4CCCCC4)c3)c2s1. The van der Waals surface area contributed by atoms with E-state index in [1.807, 2.05) is 0 Å². The summed E-state index contributed by atoms with van der Waals surface area (Å²) in [7, 11) is 0. The Bertz CT molecular complexity index is 1070. The van der Waals surface area contributed by atoms with Crippen LogP contribution in [-0.2, 0) is 19.3 Å². The fourth-order valence-corrected chi connectivity index (χ4v) is 5.44. The first-order valence-corrected chi connectivity index (χ1v) is 12.5. The number of fused-ring (bicyclic) bond motifs is 1. The first kappa shape index (κ1) is 23.0. The Morgan fingerprint density at radius 1 is 1.06 bits per heavy atom. The van der Waals surface area contributed by atoms with Crippen molar-refractivity contribution in [3.63, 3.8) is 0 Å². The maximum atomic E-state index is 11.7. The van der Waals surface area contributed by atoms with E-state index >= 15 is 0 Å². The lowest BCUT2D eigenvalue weighted by molar-refractivity contribution is 0.139.